The van der Waals surface area contributed by atoms with Crippen molar-refractivity contribution in [1.29, 1.82) is 0 Å². The minimum Gasteiger partial charge on any atom is -0.494 e. The van der Waals surface area contributed by atoms with Crippen molar-refractivity contribution >= 4 is 54.2 Å². The Morgan fingerprint density at radius 1 is 1.16 bits per heavy atom. The molecule has 0 spiro atoms. The average molecular weight is 565 g/mol. The number of halogens is 1. The Kier molecular flexibility index (Phi) is 8.75. The Hall–Kier alpha value is -2.24. The van der Waals surface area contributed by atoms with Gasteiger partial charge in [0.2, 0.25) is 15.9 Å². The first-order valence-electron chi connectivity index (χ1n) is 12.5. The number of aryl methyl sites for hydroxylation is 1. The molecule has 1 amide bonds. The molecule has 37 heavy (non-hydrogen) atoms. The number of anilines is 1. The fourth-order valence-corrected chi connectivity index (χ4v) is 7.54. The van der Waals surface area contributed by atoms with E-state index in [2.05, 4.69) is 18.7 Å². The summed E-state index contributed by atoms with van der Waals surface area (Å²) < 4.78 is 34.7. The standard InChI is InChI=1S/C26H33ClN4O4S2/c1-5-29(6-2)16-17-30(26-28-23-22(35-4)14-13-20(27)24(23)36-26)25(32)21-8-7-15-31(21)37(33,34)19-11-9-18(3)10-12-19/h9-14,21H,5-8,15-17H2,1-4H3. The van der Waals surface area contributed by atoms with Crippen LogP contribution in [0.3, 0.4) is 0 Å². The number of fused-ring (bicyclic) bond motifs is 1. The van der Waals surface area contributed by atoms with E-state index in [-0.39, 0.29) is 10.8 Å². The maximum atomic E-state index is 14.1. The summed E-state index contributed by atoms with van der Waals surface area (Å²) in [6.07, 6.45) is 1.07. The molecular formula is C26H33ClN4O4S2. The number of hydrogen-bond acceptors (Lipinski definition) is 7. The molecule has 1 aliphatic heterocycles. The normalized spacial score (nSPS) is 16.5. The van der Waals surface area contributed by atoms with Crippen molar-refractivity contribution < 1.29 is 17.9 Å². The van der Waals surface area contributed by atoms with Gasteiger partial charge in [-0.2, -0.15) is 4.31 Å². The van der Waals surface area contributed by atoms with Gasteiger partial charge in [-0.05, 0) is 57.1 Å². The van der Waals surface area contributed by atoms with Gasteiger partial charge in [-0.1, -0.05) is 54.5 Å². The number of carbonyl (C=O) groups is 1. The molecule has 4 rings (SSSR count). The summed E-state index contributed by atoms with van der Waals surface area (Å²) in [4.78, 5) is 22.9. The molecule has 1 aromatic heterocycles. The molecule has 0 saturated carbocycles. The van der Waals surface area contributed by atoms with Gasteiger partial charge in [-0.15, -0.1) is 0 Å². The molecule has 1 fully saturated rings. The van der Waals surface area contributed by atoms with E-state index in [0.29, 0.717) is 53.9 Å². The average Bonchev–Trinajstić information content (AvgIpc) is 3.56. The molecule has 1 atom stereocenters. The second-order valence-electron chi connectivity index (χ2n) is 9.03. The summed E-state index contributed by atoms with van der Waals surface area (Å²) in [7, 11) is -2.26. The summed E-state index contributed by atoms with van der Waals surface area (Å²) in [6, 6.07) is 9.45. The van der Waals surface area contributed by atoms with E-state index in [9.17, 15) is 13.2 Å². The minimum absolute atomic E-state index is 0.198. The topological polar surface area (TPSA) is 83.0 Å². The van der Waals surface area contributed by atoms with Crippen molar-refractivity contribution in [1.82, 2.24) is 14.2 Å². The zero-order chi connectivity index (χ0) is 26.7. The second kappa shape index (κ2) is 11.7. The van der Waals surface area contributed by atoms with E-state index < -0.39 is 16.1 Å². The Labute approximate surface area is 227 Å². The molecule has 3 aromatic rings. The number of methoxy groups -OCH3 is 1. The SMILES string of the molecule is CCN(CC)CCN(C(=O)C1CCCN1S(=O)(=O)c1ccc(C)cc1)c1nc2c(OC)ccc(Cl)c2s1. The van der Waals surface area contributed by atoms with E-state index in [4.69, 9.17) is 21.3 Å². The Balaban J connectivity index is 1.72. The molecule has 2 aromatic carbocycles. The molecule has 11 heteroatoms. The maximum Gasteiger partial charge on any atom is 0.247 e. The first kappa shape index (κ1) is 27.8. The molecule has 1 aliphatic rings. The van der Waals surface area contributed by atoms with Gasteiger partial charge in [-0.3, -0.25) is 9.69 Å². The van der Waals surface area contributed by atoms with Crippen LogP contribution in [0.25, 0.3) is 10.2 Å². The highest BCUT2D eigenvalue weighted by atomic mass is 35.5. The van der Waals surface area contributed by atoms with Gasteiger partial charge in [-0.25, -0.2) is 13.4 Å². The summed E-state index contributed by atoms with van der Waals surface area (Å²) in [5, 5.41) is 1.01. The molecule has 1 unspecified atom stereocenters. The predicted molar refractivity (Wildman–Crippen MR) is 149 cm³/mol. The van der Waals surface area contributed by atoms with Crippen LogP contribution in [0.2, 0.25) is 5.02 Å². The smallest absolute Gasteiger partial charge is 0.247 e. The van der Waals surface area contributed by atoms with Gasteiger partial charge in [0.1, 0.15) is 17.3 Å². The van der Waals surface area contributed by atoms with Crippen molar-refractivity contribution in [2.24, 2.45) is 0 Å². The van der Waals surface area contributed by atoms with Crippen LogP contribution in [0.4, 0.5) is 5.13 Å². The fourth-order valence-electron chi connectivity index (χ4n) is 4.60. The maximum absolute atomic E-state index is 14.1. The van der Waals surface area contributed by atoms with Gasteiger partial charge >= 0.3 is 0 Å². The van der Waals surface area contributed by atoms with Gasteiger partial charge < -0.3 is 9.64 Å². The lowest BCUT2D eigenvalue weighted by molar-refractivity contribution is -0.121. The van der Waals surface area contributed by atoms with Crippen molar-refractivity contribution in [2.75, 3.05) is 44.7 Å². The summed E-state index contributed by atoms with van der Waals surface area (Å²) >= 11 is 7.78. The number of amides is 1. The first-order valence-corrected chi connectivity index (χ1v) is 15.1. The number of sulfonamides is 1. The molecule has 8 nitrogen and oxygen atoms in total. The van der Waals surface area contributed by atoms with Crippen molar-refractivity contribution in [2.45, 2.75) is 44.6 Å². The number of ether oxygens (including phenoxy) is 1. The molecule has 0 bridgehead atoms. The molecule has 2 heterocycles. The first-order chi connectivity index (χ1) is 17.7. The van der Waals surface area contributed by atoms with E-state index in [0.717, 1.165) is 23.4 Å². The summed E-state index contributed by atoms with van der Waals surface area (Å²) in [5.41, 5.74) is 1.56. The van der Waals surface area contributed by atoms with E-state index in [1.54, 1.807) is 48.4 Å². The fraction of sp³-hybridized carbons (Fsp3) is 0.462. The van der Waals surface area contributed by atoms with Gasteiger partial charge in [0, 0.05) is 19.6 Å². The Morgan fingerprint density at radius 3 is 2.51 bits per heavy atom. The number of likely N-dealkylation sites (N-methyl/N-ethyl adjacent to an activating group) is 1. The highest BCUT2D eigenvalue weighted by Crippen LogP contribution is 2.39. The lowest BCUT2D eigenvalue weighted by atomic mass is 10.2. The predicted octanol–water partition coefficient (Wildman–Crippen LogP) is 4.79. The van der Waals surface area contributed by atoms with Gasteiger partial charge in [0.25, 0.3) is 0 Å². The number of carbonyl (C=O) groups excluding carboxylic acids is 1. The zero-order valence-corrected chi connectivity index (χ0v) is 24.0. The number of aromatic nitrogens is 1. The summed E-state index contributed by atoms with van der Waals surface area (Å²) in [5.74, 6) is 0.303. The lowest BCUT2D eigenvalue weighted by Crippen LogP contribution is -2.49. The number of rotatable bonds is 10. The highest BCUT2D eigenvalue weighted by Gasteiger charge is 2.42. The number of benzene rings is 2. The van der Waals surface area contributed by atoms with Crippen LogP contribution >= 0.6 is 22.9 Å². The minimum atomic E-state index is -3.83. The van der Waals surface area contributed by atoms with Crippen LogP contribution in [0.15, 0.2) is 41.3 Å². The Bertz CT molecular complexity index is 1360. The van der Waals surface area contributed by atoms with Crippen LogP contribution in [0.5, 0.6) is 5.75 Å². The number of hydrogen-bond donors (Lipinski definition) is 0. The van der Waals surface area contributed by atoms with Crippen LogP contribution in [0, 0.1) is 6.92 Å². The second-order valence-corrected chi connectivity index (χ2v) is 12.3. The monoisotopic (exact) mass is 564 g/mol. The van der Waals surface area contributed by atoms with Crippen molar-refractivity contribution in [3.8, 4) is 5.75 Å². The highest BCUT2D eigenvalue weighted by molar-refractivity contribution is 7.89. The van der Waals surface area contributed by atoms with Crippen molar-refractivity contribution in [3.63, 3.8) is 0 Å². The van der Waals surface area contributed by atoms with Crippen LogP contribution in [-0.2, 0) is 14.8 Å². The third kappa shape index (κ3) is 5.63. The molecule has 0 radical (unpaired) electrons. The van der Waals surface area contributed by atoms with Crippen LogP contribution in [0.1, 0.15) is 32.3 Å². The molecular weight excluding hydrogens is 532 g/mol. The third-order valence-electron chi connectivity index (χ3n) is 6.81. The van der Waals surface area contributed by atoms with Crippen LogP contribution in [-0.4, -0.2) is 74.4 Å². The van der Waals surface area contributed by atoms with Crippen LogP contribution < -0.4 is 9.64 Å². The zero-order valence-electron chi connectivity index (χ0n) is 21.6. The van der Waals surface area contributed by atoms with Gasteiger partial charge in [0.05, 0.1) is 21.7 Å². The van der Waals surface area contributed by atoms with E-state index >= 15 is 0 Å². The van der Waals surface area contributed by atoms with Crippen molar-refractivity contribution in [3.05, 3.63) is 47.0 Å². The largest absolute Gasteiger partial charge is 0.494 e. The molecule has 200 valence electrons. The number of nitrogens with zero attached hydrogens (tertiary/aromatic N) is 4. The lowest BCUT2D eigenvalue weighted by Gasteiger charge is -2.30. The quantitative estimate of drug-likeness (QED) is 0.352. The molecule has 0 N–H and O–H groups in total. The third-order valence-corrected chi connectivity index (χ3v) is 10.3. The number of thiazole rings is 1. The molecule has 0 aliphatic carbocycles. The molecule has 1 saturated heterocycles. The van der Waals surface area contributed by atoms with E-state index in [1.807, 2.05) is 6.92 Å². The Morgan fingerprint density at radius 2 is 1.86 bits per heavy atom. The van der Waals surface area contributed by atoms with Gasteiger partial charge in [0.15, 0.2) is 5.13 Å². The van der Waals surface area contributed by atoms with E-state index in [1.165, 1.54) is 15.6 Å². The summed E-state index contributed by atoms with van der Waals surface area (Å²) in [6.45, 7) is 9.06.